The number of halogens is 1. The monoisotopic (exact) mass is 224 g/mol. The molecule has 0 fully saturated rings. The molecule has 0 radical (unpaired) electrons. The van der Waals surface area contributed by atoms with E-state index in [2.05, 4.69) is 25.3 Å². The Kier molecular flexibility index (Phi) is 2.51. The van der Waals surface area contributed by atoms with Gasteiger partial charge < -0.3 is 5.32 Å². The Bertz CT molecular complexity index is 480. The third-order valence-corrected chi connectivity index (χ3v) is 2.03. The fourth-order valence-corrected chi connectivity index (χ4v) is 1.30. The summed E-state index contributed by atoms with van der Waals surface area (Å²) in [6.07, 6.45) is 3.44. The quantitative estimate of drug-likeness (QED) is 0.826. The zero-order chi connectivity index (χ0) is 10.8. The van der Waals surface area contributed by atoms with Crippen molar-refractivity contribution < 1.29 is 0 Å². The molecule has 2 aromatic heterocycles. The summed E-state index contributed by atoms with van der Waals surface area (Å²) in [6, 6.07) is 0. The SMILES string of the molecule is CNc1nc(Cl)nc(-n2ccnc2C)n1. The van der Waals surface area contributed by atoms with E-state index in [9.17, 15) is 0 Å². The molecular weight excluding hydrogens is 216 g/mol. The van der Waals surface area contributed by atoms with Gasteiger partial charge in [-0.25, -0.2) is 4.98 Å². The van der Waals surface area contributed by atoms with Crippen molar-refractivity contribution in [2.75, 3.05) is 12.4 Å². The Morgan fingerprint density at radius 1 is 1.33 bits per heavy atom. The molecule has 6 nitrogen and oxygen atoms in total. The molecule has 0 aliphatic rings. The van der Waals surface area contributed by atoms with Gasteiger partial charge in [-0.3, -0.25) is 4.57 Å². The van der Waals surface area contributed by atoms with Crippen LogP contribution in [0.5, 0.6) is 0 Å². The van der Waals surface area contributed by atoms with Gasteiger partial charge in [-0.2, -0.15) is 15.0 Å². The maximum absolute atomic E-state index is 5.76. The third kappa shape index (κ3) is 1.89. The van der Waals surface area contributed by atoms with Gasteiger partial charge in [0.15, 0.2) is 0 Å². The van der Waals surface area contributed by atoms with Gasteiger partial charge in [0, 0.05) is 19.4 Å². The standard InChI is InChI=1S/C8H9ClN6/c1-5-11-3-4-15(5)8-13-6(9)12-7(10-2)14-8/h3-4H,1-2H3,(H,10,12,13,14). The average Bonchev–Trinajstić information content (AvgIpc) is 2.63. The molecule has 2 heterocycles. The second-order valence-corrected chi connectivity index (χ2v) is 3.16. The number of imidazole rings is 1. The molecule has 0 amide bonds. The Morgan fingerprint density at radius 2 is 2.13 bits per heavy atom. The highest BCUT2D eigenvalue weighted by atomic mass is 35.5. The zero-order valence-electron chi connectivity index (χ0n) is 8.27. The molecule has 0 saturated heterocycles. The Hall–Kier alpha value is -1.69. The molecule has 0 aliphatic heterocycles. The van der Waals surface area contributed by atoms with Crippen LogP contribution in [0.15, 0.2) is 12.4 Å². The van der Waals surface area contributed by atoms with E-state index in [4.69, 9.17) is 11.6 Å². The van der Waals surface area contributed by atoms with Crippen LogP contribution in [-0.2, 0) is 0 Å². The van der Waals surface area contributed by atoms with Crippen LogP contribution >= 0.6 is 11.6 Å². The smallest absolute Gasteiger partial charge is 0.241 e. The highest BCUT2D eigenvalue weighted by molar-refractivity contribution is 6.28. The second-order valence-electron chi connectivity index (χ2n) is 2.82. The van der Waals surface area contributed by atoms with Crippen LogP contribution in [0.3, 0.4) is 0 Å². The number of rotatable bonds is 2. The van der Waals surface area contributed by atoms with Gasteiger partial charge in [-0.05, 0) is 18.5 Å². The molecule has 2 aromatic rings. The first-order valence-corrected chi connectivity index (χ1v) is 4.68. The van der Waals surface area contributed by atoms with Crippen molar-refractivity contribution in [2.45, 2.75) is 6.92 Å². The van der Waals surface area contributed by atoms with Crippen molar-refractivity contribution in [1.29, 1.82) is 0 Å². The van der Waals surface area contributed by atoms with Gasteiger partial charge in [0.2, 0.25) is 17.2 Å². The van der Waals surface area contributed by atoms with E-state index in [0.717, 1.165) is 5.82 Å². The van der Waals surface area contributed by atoms with Crippen molar-refractivity contribution in [2.24, 2.45) is 0 Å². The minimum absolute atomic E-state index is 0.150. The van der Waals surface area contributed by atoms with Gasteiger partial charge in [0.05, 0.1) is 0 Å². The predicted molar refractivity (Wildman–Crippen MR) is 56.2 cm³/mol. The number of nitrogens with zero attached hydrogens (tertiary/aromatic N) is 5. The van der Waals surface area contributed by atoms with Crippen LogP contribution in [0.1, 0.15) is 5.82 Å². The lowest BCUT2D eigenvalue weighted by atomic mass is 10.7. The number of aryl methyl sites for hydroxylation is 1. The highest BCUT2D eigenvalue weighted by Crippen LogP contribution is 2.10. The summed E-state index contributed by atoms with van der Waals surface area (Å²) in [6.45, 7) is 1.86. The predicted octanol–water partition coefficient (Wildman–Crippen LogP) is 1.06. The summed E-state index contributed by atoms with van der Waals surface area (Å²) in [5.41, 5.74) is 0. The molecule has 1 N–H and O–H groups in total. The summed E-state index contributed by atoms with van der Waals surface area (Å²) in [5, 5.41) is 2.96. The van der Waals surface area contributed by atoms with Gasteiger partial charge in [-0.1, -0.05) is 0 Å². The van der Waals surface area contributed by atoms with Gasteiger partial charge >= 0.3 is 0 Å². The largest absolute Gasteiger partial charge is 0.357 e. The molecule has 0 unspecified atom stereocenters. The van der Waals surface area contributed by atoms with Crippen molar-refractivity contribution in [3.8, 4) is 5.95 Å². The maximum Gasteiger partial charge on any atom is 0.241 e. The molecule has 15 heavy (non-hydrogen) atoms. The zero-order valence-corrected chi connectivity index (χ0v) is 9.02. The molecule has 0 saturated carbocycles. The number of anilines is 1. The lowest BCUT2D eigenvalue weighted by Gasteiger charge is -2.04. The molecular formula is C8H9ClN6. The van der Waals surface area contributed by atoms with Crippen LogP contribution in [0.25, 0.3) is 5.95 Å². The van der Waals surface area contributed by atoms with Crippen molar-refractivity contribution >= 4 is 17.5 Å². The lowest BCUT2D eigenvalue weighted by Crippen LogP contribution is -2.07. The van der Waals surface area contributed by atoms with Crippen LogP contribution in [-0.4, -0.2) is 31.6 Å². The first kappa shape index (κ1) is 9.85. The van der Waals surface area contributed by atoms with E-state index in [0.29, 0.717) is 11.9 Å². The molecule has 0 atom stereocenters. The highest BCUT2D eigenvalue weighted by Gasteiger charge is 2.07. The first-order valence-electron chi connectivity index (χ1n) is 4.30. The summed E-state index contributed by atoms with van der Waals surface area (Å²) in [7, 11) is 1.72. The Morgan fingerprint density at radius 3 is 2.73 bits per heavy atom. The van der Waals surface area contributed by atoms with E-state index >= 15 is 0 Å². The molecule has 78 valence electrons. The van der Waals surface area contributed by atoms with Crippen LogP contribution in [0.2, 0.25) is 5.28 Å². The van der Waals surface area contributed by atoms with Crippen LogP contribution in [0, 0.1) is 6.92 Å². The number of hydrogen-bond donors (Lipinski definition) is 1. The van der Waals surface area contributed by atoms with Crippen LogP contribution < -0.4 is 5.32 Å². The Labute approximate surface area is 91.4 Å². The van der Waals surface area contributed by atoms with Crippen LogP contribution in [0.4, 0.5) is 5.95 Å². The Balaban J connectivity index is 2.53. The topological polar surface area (TPSA) is 68.5 Å². The summed E-state index contributed by atoms with van der Waals surface area (Å²) >= 11 is 5.76. The van der Waals surface area contributed by atoms with Crippen molar-refractivity contribution in [3.05, 3.63) is 23.5 Å². The van der Waals surface area contributed by atoms with E-state index in [1.807, 2.05) is 6.92 Å². The number of nitrogens with one attached hydrogen (secondary N) is 1. The maximum atomic E-state index is 5.76. The van der Waals surface area contributed by atoms with Crippen molar-refractivity contribution in [3.63, 3.8) is 0 Å². The fraction of sp³-hybridized carbons (Fsp3) is 0.250. The van der Waals surface area contributed by atoms with Gasteiger partial charge in [0.1, 0.15) is 5.82 Å². The van der Waals surface area contributed by atoms with E-state index in [-0.39, 0.29) is 5.28 Å². The van der Waals surface area contributed by atoms with E-state index < -0.39 is 0 Å². The second kappa shape index (κ2) is 3.82. The average molecular weight is 225 g/mol. The van der Waals surface area contributed by atoms with Gasteiger partial charge in [-0.15, -0.1) is 0 Å². The molecule has 2 rings (SSSR count). The normalized spacial score (nSPS) is 10.3. The lowest BCUT2D eigenvalue weighted by molar-refractivity contribution is 0.864. The summed E-state index contributed by atoms with van der Waals surface area (Å²) in [4.78, 5) is 16.1. The molecule has 0 spiro atoms. The van der Waals surface area contributed by atoms with E-state index in [1.165, 1.54) is 0 Å². The summed E-state index contributed by atoms with van der Waals surface area (Å²) in [5.74, 6) is 1.67. The third-order valence-electron chi connectivity index (χ3n) is 1.86. The number of aromatic nitrogens is 5. The van der Waals surface area contributed by atoms with E-state index in [1.54, 1.807) is 24.0 Å². The molecule has 0 aliphatic carbocycles. The fourth-order valence-electron chi connectivity index (χ4n) is 1.15. The van der Waals surface area contributed by atoms with Gasteiger partial charge in [0.25, 0.3) is 0 Å². The first-order chi connectivity index (χ1) is 7.20. The number of hydrogen-bond acceptors (Lipinski definition) is 5. The minimum atomic E-state index is 0.150. The van der Waals surface area contributed by atoms with Crippen molar-refractivity contribution in [1.82, 2.24) is 24.5 Å². The summed E-state index contributed by atoms with van der Waals surface area (Å²) < 4.78 is 1.73. The molecule has 0 bridgehead atoms. The molecule has 0 aromatic carbocycles. The minimum Gasteiger partial charge on any atom is -0.357 e. The molecule has 7 heteroatoms.